The average Bonchev–Trinajstić information content (AvgIpc) is 2.94. The van der Waals surface area contributed by atoms with Crippen molar-refractivity contribution in [3.8, 4) is 17.2 Å². The van der Waals surface area contributed by atoms with E-state index in [9.17, 15) is 4.79 Å². The fourth-order valence-electron chi connectivity index (χ4n) is 2.60. The number of hydrogen-bond acceptors (Lipinski definition) is 4. The molecule has 2 aliphatic heterocycles. The maximum atomic E-state index is 12.6. The lowest BCUT2D eigenvalue weighted by Gasteiger charge is -2.24. The van der Waals surface area contributed by atoms with E-state index in [1.54, 1.807) is 12.1 Å². The van der Waals surface area contributed by atoms with Crippen LogP contribution in [-0.2, 0) is 0 Å². The quantitative estimate of drug-likeness (QED) is 0.797. The molecule has 0 spiro atoms. The van der Waals surface area contributed by atoms with Gasteiger partial charge in [0.05, 0.1) is 11.5 Å². The molecule has 0 amide bonds. The van der Waals surface area contributed by atoms with Gasteiger partial charge in [-0.15, -0.1) is 0 Å². The van der Waals surface area contributed by atoms with Crippen LogP contribution in [0.15, 0.2) is 42.5 Å². The number of ketones is 1. The standard InChI is InChI=1S/C16H12O4/c17-16-11-6-14-15(20-9-19-14)7-13(11)18-8-12(16)10-4-2-1-3-5-10/h1-7,12H,8-9H2. The monoisotopic (exact) mass is 268 g/mol. The molecule has 0 aliphatic carbocycles. The van der Waals surface area contributed by atoms with Gasteiger partial charge in [-0.2, -0.15) is 0 Å². The van der Waals surface area contributed by atoms with Crippen molar-refractivity contribution in [1.82, 2.24) is 0 Å². The molecule has 1 atom stereocenters. The highest BCUT2D eigenvalue weighted by Crippen LogP contribution is 2.42. The van der Waals surface area contributed by atoms with Crippen LogP contribution in [0.25, 0.3) is 0 Å². The van der Waals surface area contributed by atoms with E-state index in [0.717, 1.165) is 5.56 Å². The summed E-state index contributed by atoms with van der Waals surface area (Å²) in [6.45, 7) is 0.546. The normalized spacial score (nSPS) is 19.4. The number of hydrogen-bond donors (Lipinski definition) is 0. The molecular weight excluding hydrogens is 256 g/mol. The largest absolute Gasteiger partial charge is 0.492 e. The van der Waals surface area contributed by atoms with E-state index in [1.165, 1.54) is 0 Å². The Hall–Kier alpha value is -2.49. The van der Waals surface area contributed by atoms with Crippen LogP contribution in [0.1, 0.15) is 21.8 Å². The molecule has 0 aromatic heterocycles. The van der Waals surface area contributed by atoms with E-state index < -0.39 is 0 Å². The van der Waals surface area contributed by atoms with Gasteiger partial charge >= 0.3 is 0 Å². The Labute approximate surface area is 115 Å². The summed E-state index contributed by atoms with van der Waals surface area (Å²) < 4.78 is 16.4. The molecule has 0 radical (unpaired) electrons. The Morgan fingerprint density at radius 2 is 1.65 bits per heavy atom. The first-order valence-corrected chi connectivity index (χ1v) is 6.48. The van der Waals surface area contributed by atoms with Gasteiger partial charge in [-0.25, -0.2) is 0 Å². The summed E-state index contributed by atoms with van der Waals surface area (Å²) in [5.41, 5.74) is 1.54. The molecule has 2 heterocycles. The summed E-state index contributed by atoms with van der Waals surface area (Å²) in [7, 11) is 0. The van der Waals surface area contributed by atoms with Gasteiger partial charge in [-0.1, -0.05) is 30.3 Å². The third-order valence-electron chi connectivity index (χ3n) is 3.66. The first kappa shape index (κ1) is 11.3. The van der Waals surface area contributed by atoms with Crippen molar-refractivity contribution in [2.24, 2.45) is 0 Å². The van der Waals surface area contributed by atoms with Crippen LogP contribution >= 0.6 is 0 Å². The van der Waals surface area contributed by atoms with E-state index in [-0.39, 0.29) is 18.5 Å². The highest BCUT2D eigenvalue weighted by molar-refractivity contribution is 6.04. The van der Waals surface area contributed by atoms with Gasteiger partial charge in [-0.3, -0.25) is 4.79 Å². The molecule has 4 nitrogen and oxygen atoms in total. The fraction of sp³-hybridized carbons (Fsp3) is 0.188. The summed E-state index contributed by atoms with van der Waals surface area (Å²) in [5.74, 6) is 1.62. The Kier molecular flexibility index (Phi) is 2.42. The van der Waals surface area contributed by atoms with Crippen molar-refractivity contribution < 1.29 is 19.0 Å². The first-order chi connectivity index (χ1) is 9.83. The van der Waals surface area contributed by atoms with Gasteiger partial charge in [0.2, 0.25) is 6.79 Å². The SMILES string of the molecule is O=C1c2cc3c(cc2OCC1c1ccccc1)OCO3. The Bertz CT molecular complexity index is 678. The van der Waals surface area contributed by atoms with Crippen LogP contribution in [0.2, 0.25) is 0 Å². The minimum atomic E-state index is -0.260. The fourth-order valence-corrected chi connectivity index (χ4v) is 2.60. The van der Waals surface area contributed by atoms with Crippen molar-refractivity contribution in [2.45, 2.75) is 5.92 Å². The number of ether oxygens (including phenoxy) is 3. The van der Waals surface area contributed by atoms with E-state index in [2.05, 4.69) is 0 Å². The zero-order chi connectivity index (χ0) is 13.5. The van der Waals surface area contributed by atoms with Gasteiger partial charge in [0.15, 0.2) is 17.3 Å². The average molecular weight is 268 g/mol. The molecule has 0 fully saturated rings. The molecular formula is C16H12O4. The highest BCUT2D eigenvalue weighted by Gasteiger charge is 2.32. The van der Waals surface area contributed by atoms with Crippen molar-refractivity contribution >= 4 is 5.78 Å². The third-order valence-corrected chi connectivity index (χ3v) is 3.66. The number of carbonyl (C=O) groups is 1. The number of rotatable bonds is 1. The Morgan fingerprint density at radius 1 is 0.900 bits per heavy atom. The van der Waals surface area contributed by atoms with Crippen LogP contribution in [0.3, 0.4) is 0 Å². The van der Waals surface area contributed by atoms with Gasteiger partial charge in [0, 0.05) is 6.07 Å². The summed E-state index contributed by atoms with van der Waals surface area (Å²) in [6.07, 6.45) is 0. The second-order valence-corrected chi connectivity index (χ2v) is 4.84. The van der Waals surface area contributed by atoms with Gasteiger partial charge in [0.25, 0.3) is 0 Å². The van der Waals surface area contributed by atoms with E-state index >= 15 is 0 Å². The lowest BCUT2D eigenvalue weighted by molar-refractivity contribution is 0.0896. The number of fused-ring (bicyclic) bond motifs is 2. The predicted molar refractivity (Wildman–Crippen MR) is 71.6 cm³/mol. The minimum Gasteiger partial charge on any atom is -0.492 e. The van der Waals surface area contributed by atoms with Gasteiger partial charge in [-0.05, 0) is 11.6 Å². The first-order valence-electron chi connectivity index (χ1n) is 6.48. The zero-order valence-electron chi connectivity index (χ0n) is 10.7. The second-order valence-electron chi connectivity index (χ2n) is 4.84. The lowest BCUT2D eigenvalue weighted by atomic mass is 9.89. The second kappa shape index (κ2) is 4.27. The lowest BCUT2D eigenvalue weighted by Crippen LogP contribution is -2.25. The van der Waals surface area contributed by atoms with Crippen LogP contribution in [0.4, 0.5) is 0 Å². The van der Waals surface area contributed by atoms with Crippen molar-refractivity contribution in [3.05, 3.63) is 53.6 Å². The third kappa shape index (κ3) is 1.65. The molecule has 0 bridgehead atoms. The zero-order valence-corrected chi connectivity index (χ0v) is 10.7. The van der Waals surface area contributed by atoms with Gasteiger partial charge < -0.3 is 14.2 Å². The summed E-state index contributed by atoms with van der Waals surface area (Å²) in [5, 5.41) is 0. The molecule has 0 N–H and O–H groups in total. The molecule has 2 aromatic carbocycles. The maximum Gasteiger partial charge on any atom is 0.231 e. The summed E-state index contributed by atoms with van der Waals surface area (Å²) in [6, 6.07) is 13.1. The highest BCUT2D eigenvalue weighted by atomic mass is 16.7. The molecule has 0 saturated carbocycles. The van der Waals surface area contributed by atoms with E-state index in [4.69, 9.17) is 14.2 Å². The molecule has 2 aromatic rings. The molecule has 2 aliphatic rings. The van der Waals surface area contributed by atoms with E-state index in [1.807, 2.05) is 30.3 Å². The molecule has 20 heavy (non-hydrogen) atoms. The smallest absolute Gasteiger partial charge is 0.231 e. The Morgan fingerprint density at radius 3 is 2.45 bits per heavy atom. The number of Topliss-reactive ketones (excluding diaryl/α,β-unsaturated/α-hetero) is 1. The maximum absolute atomic E-state index is 12.6. The van der Waals surface area contributed by atoms with Crippen LogP contribution < -0.4 is 14.2 Å². The topological polar surface area (TPSA) is 44.8 Å². The van der Waals surface area contributed by atoms with E-state index in [0.29, 0.717) is 29.4 Å². The van der Waals surface area contributed by atoms with Crippen LogP contribution in [0.5, 0.6) is 17.2 Å². The molecule has 0 saturated heterocycles. The van der Waals surface area contributed by atoms with Crippen molar-refractivity contribution in [1.29, 1.82) is 0 Å². The number of carbonyl (C=O) groups excluding carboxylic acids is 1. The van der Waals surface area contributed by atoms with Crippen molar-refractivity contribution in [3.63, 3.8) is 0 Å². The molecule has 4 rings (SSSR count). The molecule has 1 unspecified atom stereocenters. The number of benzene rings is 2. The molecule has 4 heteroatoms. The van der Waals surface area contributed by atoms with Crippen LogP contribution in [-0.4, -0.2) is 19.2 Å². The predicted octanol–water partition coefficient (Wildman–Crippen LogP) is 2.77. The molecule has 100 valence electrons. The summed E-state index contributed by atoms with van der Waals surface area (Å²) in [4.78, 5) is 12.6. The van der Waals surface area contributed by atoms with Crippen LogP contribution in [0, 0.1) is 0 Å². The minimum absolute atomic E-state index is 0.0655. The van der Waals surface area contributed by atoms with Crippen molar-refractivity contribution in [2.75, 3.05) is 13.4 Å². The Balaban J connectivity index is 1.76. The summed E-state index contributed by atoms with van der Waals surface area (Å²) >= 11 is 0. The van der Waals surface area contributed by atoms with Gasteiger partial charge in [0.1, 0.15) is 12.4 Å².